The van der Waals surface area contributed by atoms with E-state index in [2.05, 4.69) is 15.8 Å². The van der Waals surface area contributed by atoms with Gasteiger partial charge in [0.2, 0.25) is 5.95 Å². The zero-order chi connectivity index (χ0) is 16.9. The molecule has 0 spiro atoms. The van der Waals surface area contributed by atoms with Gasteiger partial charge in [-0.15, -0.1) is 11.3 Å². The van der Waals surface area contributed by atoms with Gasteiger partial charge in [-0.25, -0.2) is 4.98 Å². The third-order valence-corrected chi connectivity index (χ3v) is 4.26. The number of hydrazine groups is 1. The van der Waals surface area contributed by atoms with E-state index in [9.17, 15) is 9.59 Å². The number of carbonyl (C=O) groups excluding carboxylic acids is 1. The Labute approximate surface area is 142 Å². The summed E-state index contributed by atoms with van der Waals surface area (Å²) in [5, 5.41) is 2.49. The number of fused-ring (bicyclic) bond motifs is 1. The summed E-state index contributed by atoms with van der Waals surface area (Å²) in [6, 6.07) is 11.0. The molecule has 0 saturated carbocycles. The van der Waals surface area contributed by atoms with Gasteiger partial charge in [-0.2, -0.15) is 0 Å². The smallest absolute Gasteiger partial charge is 0.262 e. The maximum atomic E-state index is 12.5. The Morgan fingerprint density at radius 3 is 2.88 bits per heavy atom. The van der Waals surface area contributed by atoms with Crippen LogP contribution in [0.25, 0.3) is 17.0 Å². The third kappa shape index (κ3) is 3.36. The lowest BCUT2D eigenvalue weighted by molar-refractivity contribution is -0.116. The van der Waals surface area contributed by atoms with Crippen molar-refractivity contribution >= 4 is 40.2 Å². The summed E-state index contributed by atoms with van der Waals surface area (Å²) < 4.78 is 1.48. The molecule has 2 N–H and O–H groups in total. The lowest BCUT2D eigenvalue weighted by Gasteiger charge is -2.13. The highest BCUT2D eigenvalue weighted by Gasteiger charge is 2.09. The highest BCUT2D eigenvalue weighted by Crippen LogP contribution is 2.11. The van der Waals surface area contributed by atoms with Gasteiger partial charge in [-0.05, 0) is 36.6 Å². The second-order valence-corrected chi connectivity index (χ2v) is 5.94. The van der Waals surface area contributed by atoms with Crippen LogP contribution < -0.4 is 16.4 Å². The topological polar surface area (TPSA) is 76.0 Å². The van der Waals surface area contributed by atoms with E-state index in [1.54, 1.807) is 35.6 Å². The monoisotopic (exact) mass is 340 g/mol. The average Bonchev–Trinajstić information content (AvgIpc) is 3.12. The Kier molecular flexibility index (Phi) is 4.72. The molecule has 0 saturated heterocycles. The molecule has 0 aliphatic heterocycles. The van der Waals surface area contributed by atoms with Crippen LogP contribution in [-0.4, -0.2) is 15.5 Å². The summed E-state index contributed by atoms with van der Waals surface area (Å²) >= 11 is 1.54. The standard InChI is InChI=1S/C17H16N4O2S/c1-2-21-16(23)13-7-3-4-8-14(13)18-17(21)20-19-15(22)10-9-12-6-5-11-24-12/h3-11H,2H2,1H3,(H,18,20)(H,19,22). The molecular weight excluding hydrogens is 324 g/mol. The lowest BCUT2D eigenvalue weighted by atomic mass is 10.2. The van der Waals surface area contributed by atoms with Crippen LogP contribution >= 0.6 is 11.3 Å². The highest BCUT2D eigenvalue weighted by atomic mass is 32.1. The van der Waals surface area contributed by atoms with Crippen molar-refractivity contribution in [2.75, 3.05) is 5.43 Å². The average molecular weight is 340 g/mol. The van der Waals surface area contributed by atoms with E-state index in [0.717, 1.165) is 4.88 Å². The molecule has 0 atom stereocenters. The number of rotatable bonds is 5. The zero-order valence-corrected chi connectivity index (χ0v) is 13.8. The normalized spacial score (nSPS) is 11.0. The summed E-state index contributed by atoms with van der Waals surface area (Å²) in [4.78, 5) is 29.7. The minimum absolute atomic E-state index is 0.144. The van der Waals surface area contributed by atoms with Crippen LogP contribution in [0.5, 0.6) is 0 Å². The van der Waals surface area contributed by atoms with E-state index >= 15 is 0 Å². The first-order valence-electron chi connectivity index (χ1n) is 7.46. The SMILES string of the molecule is CCn1c(NNC(=O)C=Cc2cccs2)nc2ccccc2c1=O. The Bertz CT molecular complexity index is 945. The van der Waals surface area contributed by atoms with E-state index in [-0.39, 0.29) is 11.5 Å². The molecule has 0 unspecified atom stereocenters. The molecule has 0 bridgehead atoms. The van der Waals surface area contributed by atoms with E-state index in [0.29, 0.717) is 23.4 Å². The number of benzene rings is 1. The fraction of sp³-hybridized carbons (Fsp3) is 0.118. The molecule has 122 valence electrons. The van der Waals surface area contributed by atoms with Crippen molar-refractivity contribution in [3.05, 3.63) is 63.1 Å². The van der Waals surface area contributed by atoms with E-state index in [1.165, 1.54) is 10.6 Å². The van der Waals surface area contributed by atoms with Crippen molar-refractivity contribution in [3.63, 3.8) is 0 Å². The number of nitrogens with zero attached hydrogens (tertiary/aromatic N) is 2. The van der Waals surface area contributed by atoms with Crippen molar-refractivity contribution in [1.82, 2.24) is 15.0 Å². The minimum Gasteiger partial charge on any atom is -0.277 e. The predicted octanol–water partition coefficient (Wildman–Crippen LogP) is 2.63. The summed E-state index contributed by atoms with van der Waals surface area (Å²) in [6.45, 7) is 2.29. The zero-order valence-electron chi connectivity index (χ0n) is 13.0. The van der Waals surface area contributed by atoms with Gasteiger partial charge in [0.1, 0.15) is 0 Å². The summed E-state index contributed by atoms with van der Waals surface area (Å²) in [5.41, 5.74) is 5.70. The molecule has 0 aliphatic carbocycles. The number of nitrogens with one attached hydrogen (secondary N) is 2. The number of carbonyl (C=O) groups is 1. The number of hydrogen-bond acceptors (Lipinski definition) is 5. The van der Waals surface area contributed by atoms with E-state index in [4.69, 9.17) is 0 Å². The summed E-state index contributed by atoms with van der Waals surface area (Å²) in [6.07, 6.45) is 3.15. The molecule has 7 heteroatoms. The van der Waals surface area contributed by atoms with Gasteiger partial charge in [0, 0.05) is 17.5 Å². The van der Waals surface area contributed by atoms with Crippen LogP contribution in [0.3, 0.4) is 0 Å². The first-order chi connectivity index (χ1) is 11.7. The van der Waals surface area contributed by atoms with Crippen molar-refractivity contribution in [2.45, 2.75) is 13.5 Å². The first kappa shape index (κ1) is 15.9. The number of aromatic nitrogens is 2. The second-order valence-electron chi connectivity index (χ2n) is 4.96. The lowest BCUT2D eigenvalue weighted by Crippen LogP contribution is -2.33. The summed E-state index contributed by atoms with van der Waals surface area (Å²) in [5.74, 6) is -0.0208. The van der Waals surface area contributed by atoms with Gasteiger partial charge < -0.3 is 0 Å². The van der Waals surface area contributed by atoms with Crippen LogP contribution in [0, 0.1) is 0 Å². The van der Waals surface area contributed by atoms with Crippen LogP contribution in [-0.2, 0) is 11.3 Å². The number of para-hydroxylation sites is 1. The molecule has 3 rings (SSSR count). The molecule has 0 aliphatic rings. The Morgan fingerprint density at radius 2 is 2.12 bits per heavy atom. The number of hydrogen-bond donors (Lipinski definition) is 2. The van der Waals surface area contributed by atoms with Crippen LogP contribution in [0.4, 0.5) is 5.95 Å². The Balaban J connectivity index is 1.79. The minimum atomic E-state index is -0.325. The fourth-order valence-electron chi connectivity index (χ4n) is 2.26. The van der Waals surface area contributed by atoms with Crippen LogP contribution in [0.2, 0.25) is 0 Å². The van der Waals surface area contributed by atoms with Crippen molar-refractivity contribution in [3.8, 4) is 0 Å². The predicted molar refractivity (Wildman–Crippen MR) is 96.8 cm³/mol. The van der Waals surface area contributed by atoms with Gasteiger partial charge in [-0.3, -0.25) is 25.0 Å². The van der Waals surface area contributed by atoms with Crippen molar-refractivity contribution < 1.29 is 4.79 Å². The van der Waals surface area contributed by atoms with E-state index < -0.39 is 0 Å². The maximum absolute atomic E-state index is 12.5. The van der Waals surface area contributed by atoms with Crippen molar-refractivity contribution in [1.29, 1.82) is 0 Å². The molecule has 2 heterocycles. The second kappa shape index (κ2) is 7.10. The molecule has 1 aromatic carbocycles. The largest absolute Gasteiger partial charge is 0.277 e. The molecule has 6 nitrogen and oxygen atoms in total. The van der Waals surface area contributed by atoms with Crippen LogP contribution in [0.1, 0.15) is 11.8 Å². The van der Waals surface area contributed by atoms with Crippen LogP contribution in [0.15, 0.2) is 52.6 Å². The van der Waals surface area contributed by atoms with Crippen molar-refractivity contribution in [2.24, 2.45) is 0 Å². The maximum Gasteiger partial charge on any atom is 0.262 e. The van der Waals surface area contributed by atoms with E-state index in [1.807, 2.05) is 30.5 Å². The molecule has 3 aromatic rings. The van der Waals surface area contributed by atoms with Gasteiger partial charge >= 0.3 is 0 Å². The number of thiophene rings is 1. The summed E-state index contributed by atoms with van der Waals surface area (Å²) in [7, 11) is 0. The molecule has 1 amide bonds. The fourth-order valence-corrected chi connectivity index (χ4v) is 2.88. The quantitative estimate of drug-likeness (QED) is 0.553. The number of amides is 1. The van der Waals surface area contributed by atoms with Gasteiger partial charge in [0.05, 0.1) is 10.9 Å². The molecule has 0 fully saturated rings. The van der Waals surface area contributed by atoms with Gasteiger partial charge in [0.15, 0.2) is 0 Å². The highest BCUT2D eigenvalue weighted by molar-refractivity contribution is 7.10. The molecule has 2 aromatic heterocycles. The third-order valence-electron chi connectivity index (χ3n) is 3.42. The Hall–Kier alpha value is -2.93. The number of anilines is 1. The molecular formula is C17H16N4O2S. The van der Waals surface area contributed by atoms with Gasteiger partial charge in [-0.1, -0.05) is 18.2 Å². The molecule has 0 radical (unpaired) electrons. The Morgan fingerprint density at radius 1 is 1.29 bits per heavy atom. The first-order valence-corrected chi connectivity index (χ1v) is 8.34. The van der Waals surface area contributed by atoms with Gasteiger partial charge in [0.25, 0.3) is 11.5 Å². The molecule has 24 heavy (non-hydrogen) atoms.